The number of nitrogens with zero attached hydrogens (tertiary/aromatic N) is 9. The van der Waals surface area contributed by atoms with Gasteiger partial charge in [-0.05, 0) is 122 Å². The van der Waals surface area contributed by atoms with Crippen molar-refractivity contribution in [2.24, 2.45) is 0 Å². The summed E-state index contributed by atoms with van der Waals surface area (Å²) < 4.78 is 90.8. The maximum atomic E-state index is 14.7. The summed E-state index contributed by atoms with van der Waals surface area (Å²) in [4.78, 5) is 136. The zero-order chi connectivity index (χ0) is 94.6. The fraction of sp³-hybridized carbons (Fsp3) is 0.426. The van der Waals surface area contributed by atoms with Gasteiger partial charge in [-0.1, -0.05) is 108 Å². The van der Waals surface area contributed by atoms with Crippen molar-refractivity contribution in [3.05, 3.63) is 155 Å². The van der Waals surface area contributed by atoms with Crippen LogP contribution >= 0.6 is 0 Å². The number of unbranched alkanes of at least 4 members (excludes halogenated alkanes) is 1. The fourth-order valence-corrected chi connectivity index (χ4v) is 17.5. The van der Waals surface area contributed by atoms with Gasteiger partial charge in [-0.25, -0.2) is 47.7 Å². The number of fused-ring (bicyclic) bond motifs is 21. The molecule has 4 aliphatic heterocycles. The van der Waals surface area contributed by atoms with E-state index in [2.05, 4.69) is 62.2 Å². The molecule has 8 bridgehead atoms. The van der Waals surface area contributed by atoms with Crippen LogP contribution in [0.25, 0.3) is 89.7 Å². The van der Waals surface area contributed by atoms with Gasteiger partial charge >= 0.3 is 5.97 Å². The molecule has 134 heavy (non-hydrogen) atoms. The van der Waals surface area contributed by atoms with Crippen molar-refractivity contribution in [1.82, 2.24) is 96.8 Å². The van der Waals surface area contributed by atoms with Gasteiger partial charge in [-0.15, -0.1) is 5.10 Å². The molecule has 10 aromatic rings. The van der Waals surface area contributed by atoms with E-state index >= 15 is 0 Å². The second-order valence-electron chi connectivity index (χ2n) is 34.1. The molecule has 11 N–H and O–H groups in total. The summed E-state index contributed by atoms with van der Waals surface area (Å²) in [5.74, 6) is -3.01. The summed E-state index contributed by atoms with van der Waals surface area (Å²) in [5.41, 5.74) is 6.71. The van der Waals surface area contributed by atoms with Crippen LogP contribution in [0.2, 0.25) is 0 Å². The van der Waals surface area contributed by atoms with Crippen molar-refractivity contribution < 1.29 is 89.3 Å². The quantitative estimate of drug-likeness (QED) is 0.00773. The van der Waals surface area contributed by atoms with Gasteiger partial charge in [-0.3, -0.25) is 39.0 Å². The molecule has 0 aliphatic carbocycles. The van der Waals surface area contributed by atoms with Crippen LogP contribution < -0.4 is 56.2 Å². The molecule has 40 heteroatoms. The van der Waals surface area contributed by atoms with Crippen LogP contribution in [0.5, 0.6) is 17.2 Å². The highest BCUT2D eigenvalue weighted by Crippen LogP contribution is 2.48. The van der Waals surface area contributed by atoms with E-state index in [0.717, 1.165) is 38.2 Å². The predicted octanol–water partition coefficient (Wildman–Crippen LogP) is 7.40. The number of hydrogen-bond donors (Lipinski definition) is 11. The molecule has 4 aliphatic rings. The molecule has 4 atom stereocenters. The van der Waals surface area contributed by atoms with Crippen molar-refractivity contribution >= 4 is 102 Å². The van der Waals surface area contributed by atoms with Gasteiger partial charge in [0.2, 0.25) is 41.4 Å². The van der Waals surface area contributed by atoms with Crippen LogP contribution in [0, 0.1) is 26.2 Å². The minimum Gasteiger partial charge on any atom is -0.490 e. The van der Waals surface area contributed by atoms with Gasteiger partial charge in [0, 0.05) is 71.3 Å². The van der Waals surface area contributed by atoms with Crippen LogP contribution in [-0.2, 0) is 103 Å². The average molecular weight is 1860 g/mol. The molecule has 6 aromatic carbocycles. The molecule has 39 nitrogen and oxygen atoms in total. The van der Waals surface area contributed by atoms with E-state index in [1.54, 1.807) is 85.2 Å². The summed E-state index contributed by atoms with van der Waals surface area (Å²) >= 11 is 0. The number of methoxy groups -OCH3 is 1. The SMILES string of the molecule is COCCOCCOCCOc1ccc(OCCOCCOCCOCc2cn(CC(=O)NCCCC[C@@H]3NC(=O)[C@@H](Cc4ccccc4)NC(=O)[C@H](CC(=O)OC(C)(C)C)NC(=O)CNC(=O)[C@H](CCCNC(=N)NS(=O)(=O)c4c(C)c(C)c5c(c4C)CC(C)(C)O5)NC3=O)nn2)c2c1-c1nc-2nc2[nH]c(nc3nc(nc4[nH]c(n1)c1ccccc41)-c1ccccc1-3)c1ccccc21. The first-order chi connectivity index (χ1) is 64.5. The van der Waals surface area contributed by atoms with Crippen molar-refractivity contribution in [2.45, 2.75) is 160 Å². The maximum Gasteiger partial charge on any atom is 0.308 e. The van der Waals surface area contributed by atoms with E-state index in [1.165, 1.54) is 4.68 Å². The van der Waals surface area contributed by atoms with Crippen molar-refractivity contribution in [2.75, 3.05) is 106 Å². The third-order valence-corrected chi connectivity index (χ3v) is 24.0. The lowest BCUT2D eigenvalue weighted by atomic mass is 9.94. The second kappa shape index (κ2) is 44.4. The van der Waals surface area contributed by atoms with E-state index in [-0.39, 0.29) is 123 Å². The maximum absolute atomic E-state index is 14.7. The number of carbonyl (C=O) groups is 7. The number of nitrogens with one attached hydrogen (secondary N) is 11. The highest BCUT2D eigenvalue weighted by molar-refractivity contribution is 7.90. The molecule has 0 saturated carbocycles. The third-order valence-electron chi connectivity index (χ3n) is 22.3. The number of benzene rings is 6. The number of amides is 6. The standard InChI is InChI=1S/C94H112N20O19S/c1-55-56(2)79(57(3)66-50-94(7,8)133-78(55)66)134(122,123)112-92(95)97-35-21-31-67-88(118)98-51-73(115)99-70(49-75(117)132-93(4,5)6)91(121)102-69(48-58-22-11-10-12-23-58)90(120)101-68(89(119)100-67)30-19-20-34-96-74(116)53-114-52-59(111-113-114)54-129-43-42-126-39-41-128-45-47-131-72-33-32-71(130-46-44-127-40-38-125-37-36-124-9)76-77(72)87-109-85-65-29-18-16-27-63(65)83(107-85)105-81-61-25-14-13-24-60(61)80(103-81)104-82-62-26-15-17-28-64(62)84(106-82)108-86(76)110-87/h10-18,22-29,32-33,52,67-70H,19-21,30-31,34-51,53-54H2,1-9H3,(H,96,116)(H,98,118)(H,99,115)(H,100,119)(H,101,120)(H,102,121)(H3,95,97,112)(H2,103,104,105,106,107,108,109,110)/t67-,68-,69+,70-/m0/s1. The topological polar surface area (TPSA) is 506 Å². The largest absolute Gasteiger partial charge is 0.490 e. The van der Waals surface area contributed by atoms with E-state index in [0.29, 0.717) is 135 Å². The number of aromatic amines is 2. The number of rotatable bonds is 39. The molecule has 14 rings (SSSR count). The number of hydrogen-bond acceptors (Lipinski definition) is 28. The first-order valence-electron chi connectivity index (χ1n) is 44.5. The summed E-state index contributed by atoms with van der Waals surface area (Å²) in [6.45, 7) is 16.4. The highest BCUT2D eigenvalue weighted by Gasteiger charge is 2.39. The first kappa shape index (κ1) is 96.5. The van der Waals surface area contributed by atoms with Gasteiger partial charge < -0.3 is 94.6 Å². The molecular weight excluding hydrogens is 1750 g/mol. The number of H-pyrrole nitrogens is 2. The van der Waals surface area contributed by atoms with Crippen LogP contribution in [0.1, 0.15) is 107 Å². The lowest BCUT2D eigenvalue weighted by molar-refractivity contribution is -0.156. The number of aromatic nitrogens is 11. The van der Waals surface area contributed by atoms with E-state index in [4.69, 9.17) is 82.7 Å². The monoisotopic (exact) mass is 1860 g/mol. The zero-order valence-corrected chi connectivity index (χ0v) is 77.0. The normalized spacial score (nSPS) is 16.2. The summed E-state index contributed by atoms with van der Waals surface area (Å²) in [7, 11) is -2.70. The Kier molecular flexibility index (Phi) is 32.0. The van der Waals surface area contributed by atoms with Crippen LogP contribution in [0.4, 0.5) is 0 Å². The average Bonchev–Trinajstić information content (AvgIpc) is 1.60. The number of esters is 1. The molecule has 0 unspecified atom stereocenters. The van der Waals surface area contributed by atoms with Gasteiger partial charge in [0.15, 0.2) is 23.3 Å². The Morgan fingerprint density at radius 1 is 0.552 bits per heavy atom. The summed E-state index contributed by atoms with van der Waals surface area (Å²) in [6, 6.07) is 30.1. The van der Waals surface area contributed by atoms with E-state index < -0.39 is 106 Å². The number of carbonyl (C=O) groups excluding carboxylic acids is 7. The van der Waals surface area contributed by atoms with Crippen molar-refractivity contribution in [3.63, 3.8) is 0 Å². The fourth-order valence-electron chi connectivity index (χ4n) is 15.9. The smallest absolute Gasteiger partial charge is 0.308 e. The molecule has 0 spiro atoms. The summed E-state index contributed by atoms with van der Waals surface area (Å²) in [6.07, 6.45) is 1.66. The minimum atomic E-state index is -4.31. The van der Waals surface area contributed by atoms with Gasteiger partial charge in [-0.2, -0.15) is 0 Å². The first-order valence-corrected chi connectivity index (χ1v) is 46.0. The predicted molar refractivity (Wildman–Crippen MR) is 494 cm³/mol. The Hall–Kier alpha value is -13.5. The number of sulfonamides is 1. The van der Waals surface area contributed by atoms with Gasteiger partial charge in [0.25, 0.3) is 10.0 Å². The van der Waals surface area contributed by atoms with Crippen LogP contribution in [-0.4, -0.2) is 252 Å². The summed E-state index contributed by atoms with van der Waals surface area (Å²) in [5, 5.41) is 38.9. The van der Waals surface area contributed by atoms with Crippen molar-refractivity contribution in [1.29, 1.82) is 5.41 Å². The Morgan fingerprint density at radius 2 is 1.04 bits per heavy atom. The van der Waals surface area contributed by atoms with Crippen LogP contribution in [0.15, 0.2) is 126 Å². The molecule has 4 aromatic heterocycles. The Balaban J connectivity index is 0.570. The third kappa shape index (κ3) is 24.9. The highest BCUT2D eigenvalue weighted by atomic mass is 32.2. The van der Waals surface area contributed by atoms with Gasteiger partial charge in [0.05, 0.1) is 108 Å². The number of ether oxygens (including phenoxy) is 10. The molecule has 6 amide bonds. The lowest BCUT2D eigenvalue weighted by Crippen LogP contribution is -2.58. The zero-order valence-electron chi connectivity index (χ0n) is 76.2. The van der Waals surface area contributed by atoms with Crippen LogP contribution in [0.3, 0.4) is 0 Å². The molecule has 708 valence electrons. The van der Waals surface area contributed by atoms with E-state index in [1.807, 2.05) is 98.8 Å². The molecule has 1 fully saturated rings. The van der Waals surface area contributed by atoms with E-state index in [9.17, 15) is 42.0 Å². The Bertz CT molecular complexity index is 6280. The lowest BCUT2D eigenvalue weighted by Gasteiger charge is -2.26. The molecular formula is C94H112N20O19S. The Morgan fingerprint density at radius 3 is 1.62 bits per heavy atom. The second-order valence-corrected chi connectivity index (χ2v) is 35.7. The Labute approximate surface area is 773 Å². The molecule has 0 radical (unpaired) electrons. The molecule has 8 heterocycles. The molecule has 1 saturated heterocycles. The number of guanidine groups is 1. The minimum absolute atomic E-state index is 0.0243. The van der Waals surface area contributed by atoms with Gasteiger partial charge in [0.1, 0.15) is 101 Å². The van der Waals surface area contributed by atoms with Crippen molar-refractivity contribution in [3.8, 4) is 62.8 Å².